The fourth-order valence-electron chi connectivity index (χ4n) is 4.26. The minimum Gasteiger partial charge on any atom is -0.294 e. The summed E-state index contributed by atoms with van der Waals surface area (Å²) in [5.74, 6) is 0. The number of aryl methyl sites for hydroxylation is 1. The van der Waals surface area contributed by atoms with Crippen LogP contribution in [0.25, 0.3) is 10.2 Å². The van der Waals surface area contributed by atoms with Gasteiger partial charge in [0.25, 0.3) is 0 Å². The third-order valence-corrected chi connectivity index (χ3v) is 8.21. The van der Waals surface area contributed by atoms with Gasteiger partial charge in [0.1, 0.15) is 0 Å². The van der Waals surface area contributed by atoms with Crippen LogP contribution < -0.4 is 9.60 Å². The SMILES string of the molecule is O=c1sc2cc(S(=O)(=O)N[C@@H]3CCCc4ccccc43)ccc2n1Cc1ccccc1. The zero-order chi connectivity index (χ0) is 21.4. The molecule has 0 saturated heterocycles. The number of rotatable bonds is 5. The minimum absolute atomic E-state index is 0.0948. The van der Waals surface area contributed by atoms with Crippen molar-refractivity contribution in [3.8, 4) is 0 Å². The van der Waals surface area contributed by atoms with E-state index in [9.17, 15) is 13.2 Å². The molecule has 1 aliphatic carbocycles. The number of thiazole rings is 1. The fraction of sp³-hybridized carbons (Fsp3) is 0.208. The molecule has 31 heavy (non-hydrogen) atoms. The number of hydrogen-bond acceptors (Lipinski definition) is 4. The molecule has 0 unspecified atom stereocenters. The van der Waals surface area contributed by atoms with Crippen LogP contribution in [0, 0.1) is 0 Å². The molecular formula is C24H22N2O3S2. The van der Waals surface area contributed by atoms with Crippen LogP contribution in [-0.2, 0) is 23.0 Å². The van der Waals surface area contributed by atoms with Gasteiger partial charge in [0.05, 0.1) is 21.7 Å². The third kappa shape index (κ3) is 3.96. The molecule has 1 atom stereocenters. The molecule has 158 valence electrons. The van der Waals surface area contributed by atoms with Gasteiger partial charge in [-0.3, -0.25) is 9.36 Å². The number of benzene rings is 3. The molecule has 0 aliphatic heterocycles. The van der Waals surface area contributed by atoms with Gasteiger partial charge in [-0.1, -0.05) is 65.9 Å². The number of aromatic nitrogens is 1. The predicted molar refractivity (Wildman–Crippen MR) is 124 cm³/mol. The lowest BCUT2D eigenvalue weighted by Crippen LogP contribution is -2.31. The predicted octanol–water partition coefficient (Wildman–Crippen LogP) is 4.47. The zero-order valence-corrected chi connectivity index (χ0v) is 18.5. The molecule has 5 rings (SSSR count). The van der Waals surface area contributed by atoms with Crippen LogP contribution in [0.2, 0.25) is 0 Å². The quantitative estimate of drug-likeness (QED) is 0.488. The smallest absolute Gasteiger partial charge is 0.294 e. The summed E-state index contributed by atoms with van der Waals surface area (Å²) in [5, 5.41) is 0. The second-order valence-electron chi connectivity index (χ2n) is 7.83. The van der Waals surface area contributed by atoms with Crippen molar-refractivity contribution in [1.29, 1.82) is 0 Å². The van der Waals surface area contributed by atoms with E-state index in [4.69, 9.17) is 0 Å². The lowest BCUT2D eigenvalue weighted by atomic mass is 9.88. The summed E-state index contributed by atoms with van der Waals surface area (Å²) < 4.78 is 31.5. The Morgan fingerprint density at radius 1 is 1.00 bits per heavy atom. The minimum atomic E-state index is -3.71. The van der Waals surface area contributed by atoms with Gasteiger partial charge in [-0.2, -0.15) is 0 Å². The molecule has 3 aromatic carbocycles. The highest BCUT2D eigenvalue weighted by atomic mass is 32.2. The van der Waals surface area contributed by atoms with Crippen molar-refractivity contribution in [2.45, 2.75) is 36.7 Å². The van der Waals surface area contributed by atoms with E-state index in [1.807, 2.05) is 48.5 Å². The van der Waals surface area contributed by atoms with Crippen LogP contribution in [0.3, 0.4) is 0 Å². The van der Waals surface area contributed by atoms with Crippen molar-refractivity contribution >= 4 is 31.6 Å². The van der Waals surface area contributed by atoms with E-state index < -0.39 is 10.0 Å². The Labute approximate surface area is 185 Å². The average Bonchev–Trinajstić information content (AvgIpc) is 3.09. The van der Waals surface area contributed by atoms with E-state index in [-0.39, 0.29) is 15.8 Å². The Kier molecular flexibility index (Phi) is 5.25. The van der Waals surface area contributed by atoms with Gasteiger partial charge in [-0.05, 0) is 54.2 Å². The molecular weight excluding hydrogens is 428 g/mol. The Morgan fingerprint density at radius 2 is 1.77 bits per heavy atom. The van der Waals surface area contributed by atoms with E-state index in [0.717, 1.165) is 47.2 Å². The van der Waals surface area contributed by atoms with Crippen LogP contribution in [0.1, 0.15) is 35.6 Å². The molecule has 0 saturated carbocycles. The molecule has 1 aliphatic rings. The molecule has 1 heterocycles. The summed E-state index contributed by atoms with van der Waals surface area (Å²) in [6.45, 7) is 0.461. The topological polar surface area (TPSA) is 68.2 Å². The first-order valence-corrected chi connectivity index (χ1v) is 12.6. The molecule has 1 N–H and O–H groups in total. The molecule has 4 aromatic rings. The highest BCUT2D eigenvalue weighted by Crippen LogP contribution is 2.31. The maximum Gasteiger partial charge on any atom is 0.308 e. The van der Waals surface area contributed by atoms with Gasteiger partial charge in [0.15, 0.2) is 0 Å². The van der Waals surface area contributed by atoms with Crippen LogP contribution in [0.15, 0.2) is 82.5 Å². The van der Waals surface area contributed by atoms with Gasteiger partial charge in [-0.15, -0.1) is 0 Å². The van der Waals surface area contributed by atoms with Gasteiger partial charge in [0, 0.05) is 6.04 Å². The van der Waals surface area contributed by atoms with E-state index in [0.29, 0.717) is 11.2 Å². The van der Waals surface area contributed by atoms with Gasteiger partial charge < -0.3 is 0 Å². The molecule has 0 fully saturated rings. The van der Waals surface area contributed by atoms with Crippen molar-refractivity contribution in [3.63, 3.8) is 0 Å². The highest BCUT2D eigenvalue weighted by molar-refractivity contribution is 7.89. The van der Waals surface area contributed by atoms with Crippen LogP contribution >= 0.6 is 11.3 Å². The maximum atomic E-state index is 13.1. The maximum absolute atomic E-state index is 13.1. The normalized spacial score (nSPS) is 16.3. The summed E-state index contributed by atoms with van der Waals surface area (Å²) in [7, 11) is -3.71. The molecule has 0 amide bonds. The molecule has 0 bridgehead atoms. The molecule has 0 spiro atoms. The third-order valence-electron chi connectivity index (χ3n) is 5.80. The van der Waals surface area contributed by atoms with Crippen molar-refractivity contribution < 1.29 is 8.42 Å². The average molecular weight is 451 g/mol. The van der Waals surface area contributed by atoms with Crippen LogP contribution in [0.4, 0.5) is 0 Å². The Morgan fingerprint density at radius 3 is 2.61 bits per heavy atom. The zero-order valence-electron chi connectivity index (χ0n) is 16.8. The first kappa shape index (κ1) is 20.2. The molecule has 5 nitrogen and oxygen atoms in total. The highest BCUT2D eigenvalue weighted by Gasteiger charge is 2.26. The first-order chi connectivity index (χ1) is 15.0. The Bertz CT molecular complexity index is 1410. The standard InChI is InChI=1S/C24H22N2O3S2/c27-24-26(16-17-7-2-1-3-8-17)22-14-13-19(15-23(22)30-24)31(28,29)25-21-12-6-10-18-9-4-5-11-20(18)21/h1-5,7-9,11,13-15,21,25H,6,10,12,16H2/t21-/m1/s1. The van der Waals surface area contributed by atoms with E-state index in [1.165, 1.54) is 5.56 Å². The van der Waals surface area contributed by atoms with E-state index in [1.54, 1.807) is 22.8 Å². The van der Waals surface area contributed by atoms with Crippen molar-refractivity contribution in [1.82, 2.24) is 9.29 Å². The van der Waals surface area contributed by atoms with Gasteiger partial charge in [-0.25, -0.2) is 13.1 Å². The molecule has 0 radical (unpaired) electrons. The van der Waals surface area contributed by atoms with E-state index >= 15 is 0 Å². The van der Waals surface area contributed by atoms with Crippen LogP contribution in [0.5, 0.6) is 0 Å². The Balaban J connectivity index is 1.46. The number of hydrogen-bond donors (Lipinski definition) is 1. The lowest BCUT2D eigenvalue weighted by molar-refractivity contribution is 0.507. The van der Waals surface area contributed by atoms with Crippen molar-refractivity contribution in [2.24, 2.45) is 0 Å². The number of nitrogens with one attached hydrogen (secondary N) is 1. The first-order valence-electron chi connectivity index (χ1n) is 10.3. The summed E-state index contributed by atoms with van der Waals surface area (Å²) >= 11 is 1.08. The molecule has 1 aromatic heterocycles. The number of fused-ring (bicyclic) bond motifs is 2. The van der Waals surface area contributed by atoms with Crippen LogP contribution in [-0.4, -0.2) is 13.0 Å². The lowest BCUT2D eigenvalue weighted by Gasteiger charge is -2.26. The second kappa shape index (κ2) is 8.07. The second-order valence-corrected chi connectivity index (χ2v) is 10.5. The summed E-state index contributed by atoms with van der Waals surface area (Å²) in [5.41, 5.74) is 4.03. The van der Waals surface area contributed by atoms with E-state index in [2.05, 4.69) is 10.8 Å². The Hall–Kier alpha value is -2.74. The summed E-state index contributed by atoms with van der Waals surface area (Å²) in [4.78, 5) is 12.7. The number of sulfonamides is 1. The van der Waals surface area contributed by atoms with Crippen molar-refractivity contribution in [2.75, 3.05) is 0 Å². The van der Waals surface area contributed by atoms with Crippen molar-refractivity contribution in [3.05, 3.63) is 99.2 Å². The summed E-state index contributed by atoms with van der Waals surface area (Å²) in [6.07, 6.45) is 2.70. The monoisotopic (exact) mass is 450 g/mol. The fourth-order valence-corrected chi connectivity index (χ4v) is 6.54. The van der Waals surface area contributed by atoms with Gasteiger partial charge >= 0.3 is 4.87 Å². The molecule has 7 heteroatoms. The number of nitrogens with zero attached hydrogens (tertiary/aromatic N) is 1. The largest absolute Gasteiger partial charge is 0.308 e. The summed E-state index contributed by atoms with van der Waals surface area (Å²) in [6, 6.07) is 22.5. The van der Waals surface area contributed by atoms with Gasteiger partial charge in [0.2, 0.25) is 10.0 Å².